The van der Waals surface area contributed by atoms with Gasteiger partial charge in [-0.15, -0.1) is 0 Å². The first-order valence-electron chi connectivity index (χ1n) is 4.05. The summed E-state index contributed by atoms with van der Waals surface area (Å²) in [5.41, 5.74) is 1.25. The number of rotatable bonds is 2. The van der Waals surface area contributed by atoms with Crippen LogP contribution in [0, 0.1) is 0 Å². The lowest BCUT2D eigenvalue weighted by Gasteiger charge is -2.27. The molecule has 0 radical (unpaired) electrons. The van der Waals surface area contributed by atoms with Crippen LogP contribution in [0.1, 0.15) is 31.0 Å². The summed E-state index contributed by atoms with van der Waals surface area (Å²) in [6, 6.07) is 2.72. The van der Waals surface area contributed by atoms with Gasteiger partial charge < -0.3 is 0 Å². The molecular formula is C8H12N2S. The van der Waals surface area contributed by atoms with Crippen molar-refractivity contribution >= 4 is 12.6 Å². The maximum Gasteiger partial charge on any atom is 0.0522 e. The van der Waals surface area contributed by atoms with Crippen LogP contribution in [-0.2, 0) is 5.75 Å². The molecule has 0 amide bonds. The molecule has 1 aliphatic rings. The lowest BCUT2D eigenvalue weighted by Crippen LogP contribution is -2.19. The summed E-state index contributed by atoms with van der Waals surface area (Å²) in [4.78, 5) is 0. The zero-order valence-electron chi connectivity index (χ0n) is 6.40. The zero-order valence-corrected chi connectivity index (χ0v) is 7.30. The molecule has 60 valence electrons. The molecule has 0 bridgehead atoms. The van der Waals surface area contributed by atoms with Crippen molar-refractivity contribution in [3.63, 3.8) is 0 Å². The normalized spacial score (nSPS) is 18.3. The second-order valence-corrected chi connectivity index (χ2v) is 3.33. The number of hydrogen-bond donors (Lipinski definition) is 1. The van der Waals surface area contributed by atoms with Gasteiger partial charge in [0, 0.05) is 17.6 Å². The molecular weight excluding hydrogens is 156 g/mol. The van der Waals surface area contributed by atoms with Crippen molar-refractivity contribution in [2.45, 2.75) is 31.1 Å². The van der Waals surface area contributed by atoms with E-state index in [1.54, 1.807) is 0 Å². The first-order chi connectivity index (χ1) is 5.42. The third-order valence-electron chi connectivity index (χ3n) is 2.33. The van der Waals surface area contributed by atoms with E-state index < -0.39 is 0 Å². The summed E-state index contributed by atoms with van der Waals surface area (Å²) in [6.07, 6.45) is 5.81. The quantitative estimate of drug-likeness (QED) is 0.669. The minimum Gasteiger partial charge on any atom is -0.266 e. The lowest BCUT2D eigenvalue weighted by atomic mass is 9.93. The van der Waals surface area contributed by atoms with E-state index in [9.17, 15) is 0 Å². The highest BCUT2D eigenvalue weighted by molar-refractivity contribution is 7.79. The van der Waals surface area contributed by atoms with Crippen LogP contribution in [0.15, 0.2) is 12.3 Å². The molecule has 0 aromatic carbocycles. The Labute approximate surface area is 72.0 Å². The Hall–Kier alpha value is -0.440. The van der Waals surface area contributed by atoms with Crippen molar-refractivity contribution in [3.8, 4) is 0 Å². The number of hydrogen-bond acceptors (Lipinski definition) is 2. The fraction of sp³-hybridized carbons (Fsp3) is 0.625. The Kier molecular flexibility index (Phi) is 1.90. The minimum absolute atomic E-state index is 0.673. The van der Waals surface area contributed by atoms with E-state index in [1.807, 2.05) is 12.3 Å². The van der Waals surface area contributed by atoms with Crippen molar-refractivity contribution in [2.24, 2.45) is 0 Å². The molecule has 1 aromatic rings. The van der Waals surface area contributed by atoms with Crippen LogP contribution in [0.3, 0.4) is 0 Å². The summed E-state index contributed by atoms with van der Waals surface area (Å²) in [5, 5.41) is 4.28. The molecule has 0 aliphatic heterocycles. The van der Waals surface area contributed by atoms with E-state index in [4.69, 9.17) is 0 Å². The van der Waals surface area contributed by atoms with Crippen LogP contribution < -0.4 is 0 Å². The SMILES string of the molecule is SCc1ccnn1C1CCC1. The van der Waals surface area contributed by atoms with Crippen molar-refractivity contribution in [1.29, 1.82) is 0 Å². The molecule has 1 aliphatic carbocycles. The molecule has 2 nitrogen and oxygen atoms in total. The van der Waals surface area contributed by atoms with Gasteiger partial charge in [-0.2, -0.15) is 17.7 Å². The van der Waals surface area contributed by atoms with Crippen LogP contribution >= 0.6 is 12.6 Å². The maximum atomic E-state index is 4.28. The predicted molar refractivity (Wildman–Crippen MR) is 47.8 cm³/mol. The number of aromatic nitrogens is 2. The molecule has 0 atom stereocenters. The molecule has 2 rings (SSSR count). The van der Waals surface area contributed by atoms with Gasteiger partial charge in [0.2, 0.25) is 0 Å². The van der Waals surface area contributed by atoms with Gasteiger partial charge in [-0.3, -0.25) is 4.68 Å². The number of thiol groups is 1. The van der Waals surface area contributed by atoms with Crippen molar-refractivity contribution in [1.82, 2.24) is 9.78 Å². The van der Waals surface area contributed by atoms with Crippen LogP contribution in [0.5, 0.6) is 0 Å². The minimum atomic E-state index is 0.673. The molecule has 11 heavy (non-hydrogen) atoms. The van der Waals surface area contributed by atoms with Crippen molar-refractivity contribution in [3.05, 3.63) is 18.0 Å². The van der Waals surface area contributed by atoms with Gasteiger partial charge in [0.15, 0.2) is 0 Å². The Bertz CT molecular complexity index is 240. The summed E-state index contributed by atoms with van der Waals surface area (Å²) < 4.78 is 2.12. The topological polar surface area (TPSA) is 17.8 Å². The highest BCUT2D eigenvalue weighted by atomic mass is 32.1. The van der Waals surface area contributed by atoms with Gasteiger partial charge in [-0.05, 0) is 25.3 Å². The Morgan fingerprint density at radius 3 is 3.00 bits per heavy atom. The average molecular weight is 168 g/mol. The smallest absolute Gasteiger partial charge is 0.0522 e. The van der Waals surface area contributed by atoms with E-state index in [2.05, 4.69) is 22.4 Å². The monoisotopic (exact) mass is 168 g/mol. The molecule has 3 heteroatoms. The van der Waals surface area contributed by atoms with E-state index in [0.29, 0.717) is 6.04 Å². The molecule has 0 N–H and O–H groups in total. The fourth-order valence-corrected chi connectivity index (χ4v) is 1.68. The van der Waals surface area contributed by atoms with Gasteiger partial charge in [-0.25, -0.2) is 0 Å². The van der Waals surface area contributed by atoms with Crippen LogP contribution in [0.25, 0.3) is 0 Å². The van der Waals surface area contributed by atoms with E-state index in [-0.39, 0.29) is 0 Å². The lowest BCUT2D eigenvalue weighted by molar-refractivity contribution is 0.284. The molecule has 1 fully saturated rings. The van der Waals surface area contributed by atoms with Crippen LogP contribution in [0.4, 0.5) is 0 Å². The van der Waals surface area contributed by atoms with E-state index in [1.165, 1.54) is 25.0 Å². The molecule has 1 saturated carbocycles. The first-order valence-corrected chi connectivity index (χ1v) is 4.68. The van der Waals surface area contributed by atoms with Gasteiger partial charge in [0.25, 0.3) is 0 Å². The summed E-state index contributed by atoms with van der Waals surface area (Å²) in [7, 11) is 0. The Morgan fingerprint density at radius 1 is 1.64 bits per heavy atom. The van der Waals surface area contributed by atoms with E-state index >= 15 is 0 Å². The van der Waals surface area contributed by atoms with Gasteiger partial charge >= 0.3 is 0 Å². The second kappa shape index (κ2) is 2.89. The summed E-state index contributed by atoms with van der Waals surface area (Å²) in [6.45, 7) is 0. The highest BCUT2D eigenvalue weighted by Crippen LogP contribution is 2.31. The molecule has 1 heterocycles. The predicted octanol–water partition coefficient (Wildman–Crippen LogP) is 2.04. The fourth-order valence-electron chi connectivity index (χ4n) is 1.43. The Balaban J connectivity index is 2.20. The van der Waals surface area contributed by atoms with Gasteiger partial charge in [-0.1, -0.05) is 0 Å². The highest BCUT2D eigenvalue weighted by Gasteiger charge is 2.21. The summed E-state index contributed by atoms with van der Waals surface area (Å²) >= 11 is 4.24. The largest absolute Gasteiger partial charge is 0.266 e. The van der Waals surface area contributed by atoms with Gasteiger partial charge in [0.1, 0.15) is 0 Å². The van der Waals surface area contributed by atoms with Gasteiger partial charge in [0.05, 0.1) is 6.04 Å². The maximum absolute atomic E-state index is 4.28. The van der Waals surface area contributed by atoms with Crippen LogP contribution in [0.2, 0.25) is 0 Å². The average Bonchev–Trinajstić information content (AvgIpc) is 2.32. The third kappa shape index (κ3) is 1.18. The zero-order chi connectivity index (χ0) is 7.68. The molecule has 0 saturated heterocycles. The molecule has 0 unspecified atom stereocenters. The number of nitrogens with zero attached hydrogens (tertiary/aromatic N) is 2. The Morgan fingerprint density at radius 2 is 2.45 bits per heavy atom. The molecule has 1 aromatic heterocycles. The van der Waals surface area contributed by atoms with E-state index in [0.717, 1.165) is 5.75 Å². The summed E-state index contributed by atoms with van der Waals surface area (Å²) in [5.74, 6) is 0.802. The second-order valence-electron chi connectivity index (χ2n) is 3.01. The standard InChI is InChI=1S/C8H12N2S/c11-6-8-4-5-9-10(8)7-2-1-3-7/h4-5,7,11H,1-3,6H2. The van der Waals surface area contributed by atoms with Crippen LogP contribution in [-0.4, -0.2) is 9.78 Å². The molecule has 0 spiro atoms. The third-order valence-corrected chi connectivity index (χ3v) is 2.66. The first kappa shape index (κ1) is 7.22. The van der Waals surface area contributed by atoms with Crippen molar-refractivity contribution in [2.75, 3.05) is 0 Å². The van der Waals surface area contributed by atoms with Crippen molar-refractivity contribution < 1.29 is 0 Å².